The van der Waals surface area contributed by atoms with Crippen LogP contribution in [0, 0.1) is 17.9 Å². The van der Waals surface area contributed by atoms with E-state index in [-0.39, 0.29) is 32.7 Å². The molecule has 0 saturated heterocycles. The molecule has 1 heteroatoms. The van der Waals surface area contributed by atoms with Crippen LogP contribution in [0.2, 0.25) is 0 Å². The van der Waals surface area contributed by atoms with Gasteiger partial charge in [-0.2, -0.15) is 30.3 Å². The van der Waals surface area contributed by atoms with Crippen molar-refractivity contribution in [3.8, 4) is 11.1 Å². The summed E-state index contributed by atoms with van der Waals surface area (Å²) in [5, 5.41) is 0. The number of aryl methyl sites for hydroxylation is 1. The topological polar surface area (TPSA) is 0 Å². The van der Waals surface area contributed by atoms with Crippen LogP contribution in [-0.4, -0.2) is 0 Å². The third-order valence-electron chi connectivity index (χ3n) is 4.98. The number of hydrogen-bond acceptors (Lipinski definition) is 0. The molecule has 0 unspecified atom stereocenters. The van der Waals surface area contributed by atoms with Crippen molar-refractivity contribution in [3.05, 3.63) is 60.2 Å². The van der Waals surface area contributed by atoms with Crippen LogP contribution in [-0.2, 0) is 39.1 Å². The molecule has 2 aromatic carbocycles. The molecule has 0 nitrogen and oxygen atoms in total. The van der Waals surface area contributed by atoms with Gasteiger partial charge in [-0.15, -0.1) is 5.56 Å². The largest absolute Gasteiger partial charge is 0.184 e. The van der Waals surface area contributed by atoms with Crippen molar-refractivity contribution in [2.45, 2.75) is 45.4 Å². The van der Waals surface area contributed by atoms with Gasteiger partial charge in [0.2, 0.25) is 0 Å². The Morgan fingerprint density at radius 2 is 1.45 bits per heavy atom. The SMILES string of the molecule is CC1CCC(CCc2ccc(-c3cc[c-]cc3)cc2)CC1.[Y]. The first kappa shape index (κ1) is 17.9. The molecule has 113 valence electrons. The van der Waals surface area contributed by atoms with Crippen molar-refractivity contribution in [1.82, 2.24) is 0 Å². The van der Waals surface area contributed by atoms with Crippen LogP contribution in [0.1, 0.15) is 44.6 Å². The molecule has 1 saturated carbocycles. The van der Waals surface area contributed by atoms with Crippen LogP contribution in [0.25, 0.3) is 11.1 Å². The van der Waals surface area contributed by atoms with Crippen LogP contribution < -0.4 is 0 Å². The molecule has 1 radical (unpaired) electrons. The van der Waals surface area contributed by atoms with Gasteiger partial charge >= 0.3 is 0 Å². The molecule has 0 bridgehead atoms. The zero-order valence-electron chi connectivity index (χ0n) is 13.6. The van der Waals surface area contributed by atoms with E-state index in [2.05, 4.69) is 49.4 Å². The summed E-state index contributed by atoms with van der Waals surface area (Å²) in [5.74, 6) is 1.93. The number of rotatable bonds is 4. The van der Waals surface area contributed by atoms with E-state index in [1.165, 1.54) is 55.2 Å². The monoisotopic (exact) mass is 366 g/mol. The van der Waals surface area contributed by atoms with Gasteiger partial charge in [-0.3, -0.25) is 0 Å². The van der Waals surface area contributed by atoms with Gasteiger partial charge in [0.05, 0.1) is 0 Å². The van der Waals surface area contributed by atoms with Gasteiger partial charge in [0.15, 0.2) is 0 Å². The van der Waals surface area contributed by atoms with E-state index in [4.69, 9.17) is 0 Å². The minimum absolute atomic E-state index is 0. The van der Waals surface area contributed by atoms with Gasteiger partial charge in [0.1, 0.15) is 0 Å². The molecule has 0 aromatic heterocycles. The molecule has 0 N–H and O–H groups in total. The van der Waals surface area contributed by atoms with Crippen molar-refractivity contribution in [2.24, 2.45) is 11.8 Å². The van der Waals surface area contributed by atoms with Crippen LogP contribution in [0.15, 0.2) is 48.5 Å². The van der Waals surface area contributed by atoms with Crippen LogP contribution in [0.4, 0.5) is 0 Å². The molecule has 3 rings (SSSR count). The molecular weight excluding hydrogens is 341 g/mol. The van der Waals surface area contributed by atoms with Gasteiger partial charge in [-0.25, -0.2) is 0 Å². The van der Waals surface area contributed by atoms with Gasteiger partial charge < -0.3 is 0 Å². The second kappa shape index (κ2) is 8.99. The molecule has 1 fully saturated rings. The summed E-state index contributed by atoms with van der Waals surface area (Å²) < 4.78 is 0. The normalized spacial score (nSPS) is 21.1. The second-order valence-electron chi connectivity index (χ2n) is 6.65. The van der Waals surface area contributed by atoms with Crippen molar-refractivity contribution in [1.29, 1.82) is 0 Å². The Morgan fingerprint density at radius 3 is 2.09 bits per heavy atom. The Balaban J connectivity index is 0.00000176. The molecule has 2 aromatic rings. The molecule has 0 heterocycles. The molecule has 0 amide bonds. The van der Waals surface area contributed by atoms with Crippen LogP contribution in [0.3, 0.4) is 0 Å². The Bertz CT molecular complexity index is 536. The van der Waals surface area contributed by atoms with Gasteiger partial charge in [-0.1, -0.05) is 56.9 Å². The molecule has 1 aliphatic carbocycles. The van der Waals surface area contributed by atoms with Gasteiger partial charge in [0.25, 0.3) is 0 Å². The first-order chi connectivity index (χ1) is 10.3. The summed E-state index contributed by atoms with van der Waals surface area (Å²) in [6, 6.07) is 20.4. The minimum atomic E-state index is 0. The smallest absolute Gasteiger partial charge is 0 e. The molecule has 0 aliphatic heterocycles. The van der Waals surface area contributed by atoms with E-state index in [0.717, 1.165) is 11.8 Å². The quantitative estimate of drug-likeness (QED) is 0.590. The Labute approximate surface area is 160 Å². The van der Waals surface area contributed by atoms with Gasteiger partial charge in [-0.05, 0) is 35.8 Å². The van der Waals surface area contributed by atoms with Crippen LogP contribution in [0.5, 0.6) is 0 Å². The molecule has 0 spiro atoms. The van der Waals surface area contributed by atoms with Crippen molar-refractivity contribution < 1.29 is 32.7 Å². The third kappa shape index (κ3) is 5.03. The third-order valence-corrected chi connectivity index (χ3v) is 4.98. The van der Waals surface area contributed by atoms with E-state index in [1.54, 1.807) is 0 Å². The molecule has 1 aliphatic rings. The van der Waals surface area contributed by atoms with Crippen molar-refractivity contribution in [2.75, 3.05) is 0 Å². The van der Waals surface area contributed by atoms with E-state index in [9.17, 15) is 0 Å². The summed E-state index contributed by atoms with van der Waals surface area (Å²) in [7, 11) is 0. The van der Waals surface area contributed by atoms with Crippen molar-refractivity contribution in [3.63, 3.8) is 0 Å². The van der Waals surface area contributed by atoms with E-state index in [1.807, 2.05) is 12.1 Å². The zero-order valence-corrected chi connectivity index (χ0v) is 16.4. The maximum Gasteiger partial charge on any atom is 0 e. The van der Waals surface area contributed by atoms with E-state index < -0.39 is 0 Å². The zero-order chi connectivity index (χ0) is 14.5. The Kier molecular flexibility index (Phi) is 7.31. The predicted molar refractivity (Wildman–Crippen MR) is 90.2 cm³/mol. The maximum absolute atomic E-state index is 3.07. The minimum Gasteiger partial charge on any atom is -0.184 e. The first-order valence-corrected chi connectivity index (χ1v) is 8.36. The summed E-state index contributed by atoms with van der Waals surface area (Å²) in [4.78, 5) is 0. The van der Waals surface area contributed by atoms with Crippen LogP contribution >= 0.6 is 0 Å². The summed E-state index contributed by atoms with van der Waals surface area (Å²) in [5.41, 5.74) is 4.07. The fourth-order valence-electron chi connectivity index (χ4n) is 3.43. The maximum atomic E-state index is 3.07. The summed E-state index contributed by atoms with van der Waals surface area (Å²) >= 11 is 0. The first-order valence-electron chi connectivity index (χ1n) is 8.36. The molecule has 22 heavy (non-hydrogen) atoms. The number of benzene rings is 2. The predicted octanol–water partition coefficient (Wildman–Crippen LogP) is 5.91. The van der Waals surface area contributed by atoms with E-state index >= 15 is 0 Å². The summed E-state index contributed by atoms with van der Waals surface area (Å²) in [6.07, 6.45) is 8.37. The van der Waals surface area contributed by atoms with E-state index in [0.29, 0.717) is 0 Å². The Hall–Kier alpha value is -0.456. The van der Waals surface area contributed by atoms with Gasteiger partial charge in [0, 0.05) is 32.7 Å². The summed E-state index contributed by atoms with van der Waals surface area (Å²) in [6.45, 7) is 2.40. The molecular formula is C21H25Y-. The average Bonchev–Trinajstić information content (AvgIpc) is 2.56. The Morgan fingerprint density at radius 1 is 0.864 bits per heavy atom. The molecule has 0 atom stereocenters. The fraction of sp³-hybridized carbons (Fsp3) is 0.429. The number of hydrogen-bond donors (Lipinski definition) is 0. The fourth-order valence-corrected chi connectivity index (χ4v) is 3.43. The standard InChI is InChI=1S/C21H25.Y/c1-17-7-9-18(10-8-17)11-12-19-13-15-21(16-14-19)20-5-3-2-4-6-20;/h3-6,13-18H,7-12H2,1H3;/q-1;. The average molecular weight is 366 g/mol. The second-order valence-corrected chi connectivity index (χ2v) is 6.65. The van der Waals surface area contributed by atoms with Crippen molar-refractivity contribution >= 4 is 0 Å².